The Kier molecular flexibility index (Phi) is 2.04. The van der Waals surface area contributed by atoms with Crippen molar-refractivity contribution in [2.24, 2.45) is 0 Å². The summed E-state index contributed by atoms with van der Waals surface area (Å²) >= 11 is 0. The second kappa shape index (κ2) is 3.20. The van der Waals surface area contributed by atoms with Crippen LogP contribution in [0.2, 0.25) is 0 Å². The summed E-state index contributed by atoms with van der Waals surface area (Å²) in [7, 11) is 0. The van der Waals surface area contributed by atoms with E-state index in [0.29, 0.717) is 5.76 Å². The fourth-order valence-electron chi connectivity index (χ4n) is 1.36. The highest BCUT2D eigenvalue weighted by molar-refractivity contribution is 5.84. The lowest BCUT2D eigenvalue weighted by Gasteiger charge is -2.02. The molecule has 0 bridgehead atoms. The Labute approximate surface area is 75.2 Å². The normalized spacial score (nSPS) is 13.4. The molecule has 0 saturated carbocycles. The molecule has 0 saturated heterocycles. The van der Waals surface area contributed by atoms with Gasteiger partial charge in [0, 0.05) is 10.8 Å². The minimum absolute atomic E-state index is 0.322. The van der Waals surface area contributed by atoms with Crippen LogP contribution in [0.15, 0.2) is 34.9 Å². The molecule has 0 amide bonds. The van der Waals surface area contributed by atoms with Gasteiger partial charge in [0.25, 0.3) is 0 Å². The van der Waals surface area contributed by atoms with Crippen molar-refractivity contribution in [1.29, 1.82) is 0 Å². The Morgan fingerprint density at radius 1 is 1.31 bits per heavy atom. The summed E-state index contributed by atoms with van der Waals surface area (Å²) in [6, 6.07) is 7.51. The summed E-state index contributed by atoms with van der Waals surface area (Å²) in [4.78, 5) is 0. The Bertz CT molecular complexity index is 405. The molecular weight excluding hydrogens is 168 g/mol. The summed E-state index contributed by atoms with van der Waals surface area (Å²) in [6.45, 7) is -0.322. The molecular formula is C10H10O3. The maximum atomic E-state index is 9.37. The van der Waals surface area contributed by atoms with E-state index in [1.165, 1.54) is 0 Å². The van der Waals surface area contributed by atoms with E-state index in [1.807, 2.05) is 24.3 Å². The fourth-order valence-corrected chi connectivity index (χ4v) is 1.36. The SMILES string of the molecule is OCC(O)c1occ2ccccc12. The van der Waals surface area contributed by atoms with Crippen LogP contribution in [0, 0.1) is 0 Å². The molecule has 3 heteroatoms. The van der Waals surface area contributed by atoms with Crippen molar-refractivity contribution in [2.75, 3.05) is 6.61 Å². The summed E-state index contributed by atoms with van der Waals surface area (Å²) in [5.41, 5.74) is 0. The third kappa shape index (κ3) is 1.32. The number of furan rings is 1. The summed E-state index contributed by atoms with van der Waals surface area (Å²) < 4.78 is 5.16. The fraction of sp³-hybridized carbons (Fsp3) is 0.200. The van der Waals surface area contributed by atoms with Gasteiger partial charge in [-0.3, -0.25) is 0 Å². The van der Waals surface area contributed by atoms with Crippen LogP contribution in [0.4, 0.5) is 0 Å². The van der Waals surface area contributed by atoms with E-state index >= 15 is 0 Å². The molecule has 1 atom stereocenters. The lowest BCUT2D eigenvalue weighted by atomic mass is 10.1. The van der Waals surface area contributed by atoms with Crippen molar-refractivity contribution < 1.29 is 14.6 Å². The van der Waals surface area contributed by atoms with Crippen LogP contribution >= 0.6 is 0 Å². The van der Waals surface area contributed by atoms with Gasteiger partial charge in [0.1, 0.15) is 11.9 Å². The zero-order chi connectivity index (χ0) is 9.26. The maximum Gasteiger partial charge on any atom is 0.142 e. The lowest BCUT2D eigenvalue weighted by Crippen LogP contribution is -2.00. The highest BCUT2D eigenvalue weighted by Crippen LogP contribution is 2.25. The molecule has 1 aromatic carbocycles. The average molecular weight is 178 g/mol. The minimum atomic E-state index is -0.931. The van der Waals surface area contributed by atoms with Gasteiger partial charge in [0.05, 0.1) is 12.9 Å². The molecule has 0 fully saturated rings. The number of rotatable bonds is 2. The second-order valence-electron chi connectivity index (χ2n) is 2.89. The second-order valence-corrected chi connectivity index (χ2v) is 2.89. The van der Waals surface area contributed by atoms with Crippen LogP contribution in [0.5, 0.6) is 0 Å². The van der Waals surface area contributed by atoms with E-state index < -0.39 is 6.10 Å². The molecule has 2 rings (SSSR count). The van der Waals surface area contributed by atoms with Crippen LogP contribution in [-0.2, 0) is 0 Å². The third-order valence-electron chi connectivity index (χ3n) is 2.01. The summed E-state index contributed by atoms with van der Waals surface area (Å²) in [5, 5.41) is 19.9. The van der Waals surface area contributed by atoms with Gasteiger partial charge in [-0.25, -0.2) is 0 Å². The van der Waals surface area contributed by atoms with Gasteiger partial charge in [-0.2, -0.15) is 0 Å². The molecule has 2 N–H and O–H groups in total. The topological polar surface area (TPSA) is 53.6 Å². The zero-order valence-electron chi connectivity index (χ0n) is 6.97. The quantitative estimate of drug-likeness (QED) is 0.731. The summed E-state index contributed by atoms with van der Waals surface area (Å²) in [6.07, 6.45) is 0.642. The minimum Gasteiger partial charge on any atom is -0.465 e. The first-order valence-corrected chi connectivity index (χ1v) is 4.08. The number of hydrogen-bond donors (Lipinski definition) is 2. The predicted octanol–water partition coefficient (Wildman–Crippen LogP) is 1.46. The number of hydrogen-bond acceptors (Lipinski definition) is 3. The lowest BCUT2D eigenvalue weighted by molar-refractivity contribution is 0.0790. The smallest absolute Gasteiger partial charge is 0.142 e. The van der Waals surface area contributed by atoms with E-state index in [9.17, 15) is 5.11 Å². The molecule has 0 aliphatic carbocycles. The van der Waals surface area contributed by atoms with E-state index in [4.69, 9.17) is 9.52 Å². The van der Waals surface area contributed by atoms with Gasteiger partial charge in [-0.1, -0.05) is 24.3 Å². The van der Waals surface area contributed by atoms with Gasteiger partial charge in [-0.15, -0.1) is 0 Å². The first-order valence-electron chi connectivity index (χ1n) is 4.08. The van der Waals surface area contributed by atoms with Crippen molar-refractivity contribution in [3.63, 3.8) is 0 Å². The van der Waals surface area contributed by atoms with E-state index in [-0.39, 0.29) is 6.61 Å². The summed E-state index contributed by atoms with van der Waals surface area (Å²) in [5.74, 6) is 0.429. The van der Waals surface area contributed by atoms with Crippen molar-refractivity contribution in [3.05, 3.63) is 36.3 Å². The predicted molar refractivity (Wildman–Crippen MR) is 48.3 cm³/mol. The van der Waals surface area contributed by atoms with Crippen molar-refractivity contribution in [3.8, 4) is 0 Å². The van der Waals surface area contributed by atoms with Crippen LogP contribution < -0.4 is 0 Å². The van der Waals surface area contributed by atoms with Gasteiger partial charge < -0.3 is 14.6 Å². The Morgan fingerprint density at radius 3 is 2.85 bits per heavy atom. The van der Waals surface area contributed by atoms with Crippen molar-refractivity contribution in [2.45, 2.75) is 6.10 Å². The standard InChI is InChI=1S/C10H10O3/c11-5-9(12)10-8-4-2-1-3-7(8)6-13-10/h1-4,6,9,11-12H,5H2. The molecule has 0 aliphatic heterocycles. The number of aliphatic hydroxyl groups excluding tert-OH is 2. The van der Waals surface area contributed by atoms with Gasteiger partial charge in [0.15, 0.2) is 0 Å². The van der Waals surface area contributed by atoms with Gasteiger partial charge >= 0.3 is 0 Å². The van der Waals surface area contributed by atoms with Gasteiger partial charge in [-0.05, 0) is 0 Å². The molecule has 68 valence electrons. The van der Waals surface area contributed by atoms with E-state index in [2.05, 4.69) is 0 Å². The molecule has 13 heavy (non-hydrogen) atoms. The molecule has 0 radical (unpaired) electrons. The molecule has 1 aromatic heterocycles. The van der Waals surface area contributed by atoms with E-state index in [1.54, 1.807) is 6.26 Å². The highest BCUT2D eigenvalue weighted by atomic mass is 16.4. The van der Waals surface area contributed by atoms with Crippen LogP contribution in [0.3, 0.4) is 0 Å². The zero-order valence-corrected chi connectivity index (χ0v) is 6.97. The Balaban J connectivity index is 2.57. The third-order valence-corrected chi connectivity index (χ3v) is 2.01. The number of benzene rings is 1. The Hall–Kier alpha value is -1.32. The first-order chi connectivity index (χ1) is 6.33. The molecule has 0 aliphatic rings. The molecule has 1 heterocycles. The van der Waals surface area contributed by atoms with Crippen LogP contribution in [0.1, 0.15) is 11.9 Å². The maximum absolute atomic E-state index is 9.37. The van der Waals surface area contributed by atoms with Crippen molar-refractivity contribution in [1.82, 2.24) is 0 Å². The first kappa shape index (κ1) is 8.29. The molecule has 0 spiro atoms. The van der Waals surface area contributed by atoms with Gasteiger partial charge in [0.2, 0.25) is 0 Å². The molecule has 2 aromatic rings. The average Bonchev–Trinajstić information content (AvgIpc) is 2.60. The monoisotopic (exact) mass is 178 g/mol. The number of aliphatic hydroxyl groups is 2. The Morgan fingerprint density at radius 2 is 2.08 bits per heavy atom. The molecule has 3 nitrogen and oxygen atoms in total. The highest BCUT2D eigenvalue weighted by Gasteiger charge is 2.13. The van der Waals surface area contributed by atoms with Crippen LogP contribution in [-0.4, -0.2) is 16.8 Å². The number of fused-ring (bicyclic) bond motifs is 1. The van der Waals surface area contributed by atoms with E-state index in [0.717, 1.165) is 10.8 Å². The molecule has 1 unspecified atom stereocenters. The van der Waals surface area contributed by atoms with Crippen LogP contribution in [0.25, 0.3) is 10.8 Å². The van der Waals surface area contributed by atoms with Crippen molar-refractivity contribution >= 4 is 10.8 Å². The largest absolute Gasteiger partial charge is 0.465 e.